The molecular weight excluding hydrogens is 378 g/mol. The van der Waals surface area contributed by atoms with E-state index >= 15 is 0 Å². The molecule has 0 unspecified atom stereocenters. The van der Waals surface area contributed by atoms with E-state index in [1.54, 1.807) is 13.2 Å². The number of rotatable bonds is 8. The fraction of sp³-hybridized carbons (Fsp3) is 0.350. The first-order valence-corrected chi connectivity index (χ1v) is 9.09. The van der Waals surface area contributed by atoms with Gasteiger partial charge < -0.3 is 9.30 Å². The molecule has 0 saturated heterocycles. The number of hydrogen-bond acceptors (Lipinski definition) is 6. The van der Waals surface area contributed by atoms with E-state index in [0.717, 1.165) is 28.8 Å². The maximum absolute atomic E-state index is 12.8. The number of non-ortho nitro benzene ring substituents is 1. The van der Waals surface area contributed by atoms with Crippen LogP contribution in [0.2, 0.25) is 0 Å². The summed E-state index contributed by atoms with van der Waals surface area (Å²) in [4.78, 5) is 49.1. The number of carbonyl (C=O) groups excluding carboxylic acids is 3. The topological polar surface area (TPSA) is 112 Å². The number of nitro groups is 1. The number of amides is 2. The molecule has 9 nitrogen and oxygen atoms in total. The number of nitrogens with zero attached hydrogens (tertiary/aromatic N) is 3. The van der Waals surface area contributed by atoms with Gasteiger partial charge in [-0.2, -0.15) is 0 Å². The third kappa shape index (κ3) is 3.68. The molecule has 0 atom stereocenters. The fourth-order valence-corrected chi connectivity index (χ4v) is 3.56. The average molecular weight is 399 g/mol. The number of aryl methyl sites for hydroxylation is 1. The van der Waals surface area contributed by atoms with Crippen LogP contribution in [-0.2, 0) is 11.3 Å². The average Bonchev–Trinajstić information content (AvgIpc) is 3.10. The normalized spacial score (nSPS) is 13.1. The van der Waals surface area contributed by atoms with Gasteiger partial charge in [0, 0.05) is 49.3 Å². The fourth-order valence-electron chi connectivity index (χ4n) is 3.56. The van der Waals surface area contributed by atoms with Crippen LogP contribution in [0, 0.1) is 24.0 Å². The van der Waals surface area contributed by atoms with Crippen LogP contribution in [0.25, 0.3) is 0 Å². The van der Waals surface area contributed by atoms with Crippen LogP contribution in [0.4, 0.5) is 5.69 Å². The Morgan fingerprint density at radius 2 is 1.83 bits per heavy atom. The summed E-state index contributed by atoms with van der Waals surface area (Å²) in [6, 6.07) is 5.23. The predicted molar refractivity (Wildman–Crippen MR) is 103 cm³/mol. The van der Waals surface area contributed by atoms with Crippen LogP contribution >= 0.6 is 0 Å². The summed E-state index contributed by atoms with van der Waals surface area (Å²) in [5.41, 5.74) is 1.84. The minimum atomic E-state index is -0.698. The number of carbonyl (C=O) groups is 3. The van der Waals surface area contributed by atoms with Gasteiger partial charge in [-0.25, -0.2) is 0 Å². The van der Waals surface area contributed by atoms with Gasteiger partial charge in [0.1, 0.15) is 0 Å². The summed E-state index contributed by atoms with van der Waals surface area (Å²) in [6.07, 6.45) is 0.789. The monoisotopic (exact) mass is 399 g/mol. The molecule has 0 fully saturated rings. The largest absolute Gasteiger partial charge is 0.385 e. The van der Waals surface area contributed by atoms with Gasteiger partial charge in [-0.15, -0.1) is 0 Å². The van der Waals surface area contributed by atoms with E-state index in [9.17, 15) is 24.5 Å². The second-order valence-corrected chi connectivity index (χ2v) is 6.89. The molecule has 0 bridgehead atoms. The van der Waals surface area contributed by atoms with Crippen molar-refractivity contribution in [2.45, 2.75) is 26.8 Å². The lowest BCUT2D eigenvalue weighted by Gasteiger charge is -2.13. The minimum absolute atomic E-state index is 0.0537. The highest BCUT2D eigenvalue weighted by Crippen LogP contribution is 2.27. The number of imide groups is 1. The van der Waals surface area contributed by atoms with E-state index in [-0.39, 0.29) is 22.6 Å². The summed E-state index contributed by atoms with van der Waals surface area (Å²) in [6.45, 7) is 4.58. The highest BCUT2D eigenvalue weighted by Gasteiger charge is 2.38. The molecule has 9 heteroatoms. The van der Waals surface area contributed by atoms with Gasteiger partial charge in [-0.3, -0.25) is 29.4 Å². The number of fused-ring (bicyclic) bond motifs is 1. The van der Waals surface area contributed by atoms with Crippen LogP contribution in [0.3, 0.4) is 0 Å². The van der Waals surface area contributed by atoms with E-state index < -0.39 is 23.3 Å². The number of benzene rings is 1. The van der Waals surface area contributed by atoms with E-state index in [1.165, 1.54) is 12.1 Å². The zero-order valence-corrected chi connectivity index (χ0v) is 16.4. The molecule has 29 heavy (non-hydrogen) atoms. The molecule has 0 spiro atoms. The quantitative estimate of drug-likeness (QED) is 0.222. The molecule has 2 heterocycles. The number of hydrogen-bond donors (Lipinski definition) is 0. The Labute approximate surface area is 167 Å². The van der Waals surface area contributed by atoms with Crippen molar-refractivity contribution in [1.29, 1.82) is 0 Å². The summed E-state index contributed by atoms with van der Waals surface area (Å²) in [7, 11) is 1.63. The van der Waals surface area contributed by atoms with Crippen molar-refractivity contribution in [2.24, 2.45) is 0 Å². The number of ether oxygens (including phenoxy) is 1. The number of Topliss-reactive ketones (excluding diaryl/α,β-unsaturated/α-hetero) is 1. The van der Waals surface area contributed by atoms with Crippen molar-refractivity contribution in [1.82, 2.24) is 9.47 Å². The molecule has 2 aromatic rings. The van der Waals surface area contributed by atoms with E-state index in [4.69, 9.17) is 4.74 Å². The molecule has 0 saturated carbocycles. The Morgan fingerprint density at radius 3 is 2.48 bits per heavy atom. The molecule has 3 rings (SSSR count). The molecule has 2 amide bonds. The molecule has 1 aliphatic rings. The summed E-state index contributed by atoms with van der Waals surface area (Å²) in [5, 5.41) is 10.9. The molecule has 1 aliphatic heterocycles. The minimum Gasteiger partial charge on any atom is -0.385 e. The van der Waals surface area contributed by atoms with Crippen molar-refractivity contribution in [3.8, 4) is 0 Å². The van der Waals surface area contributed by atoms with Gasteiger partial charge in [0.05, 0.1) is 22.6 Å². The first kappa shape index (κ1) is 20.4. The van der Waals surface area contributed by atoms with Crippen molar-refractivity contribution in [3.63, 3.8) is 0 Å². The summed E-state index contributed by atoms with van der Waals surface area (Å²) in [5.74, 6) is -1.68. The van der Waals surface area contributed by atoms with Gasteiger partial charge in [0.2, 0.25) is 0 Å². The van der Waals surface area contributed by atoms with Gasteiger partial charge in [-0.1, -0.05) is 0 Å². The van der Waals surface area contributed by atoms with Crippen LogP contribution in [0.1, 0.15) is 48.9 Å². The number of aromatic nitrogens is 1. The Kier molecular flexibility index (Phi) is 5.60. The lowest BCUT2D eigenvalue weighted by atomic mass is 10.1. The van der Waals surface area contributed by atoms with Gasteiger partial charge in [0.15, 0.2) is 5.78 Å². The smallest absolute Gasteiger partial charge is 0.270 e. The molecule has 0 radical (unpaired) electrons. The zero-order valence-electron chi connectivity index (χ0n) is 16.4. The predicted octanol–water partition coefficient (Wildman–Crippen LogP) is 2.53. The number of ketones is 1. The van der Waals surface area contributed by atoms with Crippen molar-refractivity contribution >= 4 is 23.3 Å². The Hall–Kier alpha value is -3.33. The van der Waals surface area contributed by atoms with E-state index in [2.05, 4.69) is 0 Å². The van der Waals surface area contributed by atoms with Crippen molar-refractivity contribution in [3.05, 3.63) is 62.5 Å². The van der Waals surface area contributed by atoms with Crippen LogP contribution < -0.4 is 0 Å². The Balaban J connectivity index is 1.81. The molecule has 1 aromatic carbocycles. The second kappa shape index (κ2) is 7.96. The molecule has 0 aliphatic carbocycles. The highest BCUT2D eigenvalue weighted by atomic mass is 16.6. The molecule has 1 aromatic heterocycles. The van der Waals surface area contributed by atoms with Crippen molar-refractivity contribution < 1.29 is 24.0 Å². The maximum Gasteiger partial charge on any atom is 0.270 e. The van der Waals surface area contributed by atoms with Crippen LogP contribution in [-0.4, -0.2) is 52.2 Å². The van der Waals surface area contributed by atoms with E-state index in [0.29, 0.717) is 18.7 Å². The lowest BCUT2D eigenvalue weighted by molar-refractivity contribution is -0.384. The van der Waals surface area contributed by atoms with Crippen LogP contribution in [0.15, 0.2) is 24.3 Å². The third-order valence-electron chi connectivity index (χ3n) is 5.07. The highest BCUT2D eigenvalue weighted by molar-refractivity contribution is 6.23. The summed E-state index contributed by atoms with van der Waals surface area (Å²) < 4.78 is 7.06. The van der Waals surface area contributed by atoms with E-state index in [1.807, 2.05) is 18.4 Å². The Bertz CT molecular complexity index is 1020. The third-order valence-corrected chi connectivity index (χ3v) is 5.07. The SMILES string of the molecule is COCCCn1c(C)cc(C(=O)CN2C(=O)c3ccc([N+](=O)[O-])cc3C2=O)c1C. The molecule has 0 N–H and O–H groups in total. The first-order chi connectivity index (χ1) is 13.8. The van der Waals surface area contributed by atoms with Gasteiger partial charge >= 0.3 is 0 Å². The lowest BCUT2D eigenvalue weighted by Crippen LogP contribution is -2.35. The molecular formula is C20H21N3O6. The second-order valence-electron chi connectivity index (χ2n) is 6.89. The van der Waals surface area contributed by atoms with Crippen LogP contribution in [0.5, 0.6) is 0 Å². The number of methoxy groups -OCH3 is 1. The zero-order chi connectivity index (χ0) is 21.3. The molecule has 152 valence electrons. The van der Waals surface area contributed by atoms with Gasteiger partial charge in [-0.05, 0) is 32.4 Å². The summed E-state index contributed by atoms with van der Waals surface area (Å²) >= 11 is 0. The Morgan fingerprint density at radius 1 is 1.14 bits per heavy atom. The van der Waals surface area contributed by atoms with Gasteiger partial charge in [0.25, 0.3) is 17.5 Å². The first-order valence-electron chi connectivity index (χ1n) is 9.09. The standard InChI is InChI=1S/C20H21N3O6/c1-12-9-16(13(2)21(12)7-4-8-29-3)18(24)11-22-19(25)15-6-5-14(23(27)28)10-17(15)20(22)26/h5-6,9-10H,4,7-8,11H2,1-3H3. The number of nitro benzene ring substituents is 1. The maximum atomic E-state index is 12.8. The van der Waals surface area contributed by atoms with Crippen molar-refractivity contribution in [2.75, 3.05) is 20.3 Å².